The Balaban J connectivity index is 1.76. The maximum absolute atomic E-state index is 12.0. The van der Waals surface area contributed by atoms with Gasteiger partial charge in [0.1, 0.15) is 5.75 Å². The number of aliphatic carboxylic acids is 1. The number of anilines is 1. The summed E-state index contributed by atoms with van der Waals surface area (Å²) in [6.07, 6.45) is -0.00120. The molecule has 142 valence electrons. The molecule has 3 N–H and O–H groups in total. The minimum atomic E-state index is -0.980. The summed E-state index contributed by atoms with van der Waals surface area (Å²) >= 11 is 5.97. The van der Waals surface area contributed by atoms with Crippen LogP contribution in [0, 0.1) is 0 Å². The molecule has 0 saturated carbocycles. The smallest absolute Gasteiger partial charge is 0.305 e. The number of halogens is 1. The first-order chi connectivity index (χ1) is 13.0. The summed E-state index contributed by atoms with van der Waals surface area (Å²) in [6, 6.07) is 13.3. The number of nitrogens with one attached hydrogen (secondary N) is 2. The number of carboxylic acids is 1. The maximum atomic E-state index is 12.0. The van der Waals surface area contributed by atoms with Crippen LogP contribution in [0.5, 0.6) is 5.75 Å². The zero-order valence-corrected chi connectivity index (χ0v) is 15.2. The molecular weight excluding hydrogens is 372 g/mol. The SMILES string of the molecule is O=C(O)CCNC(=O)c1ccc(NC(=O)CCOc2ccccc2Cl)cc1. The van der Waals surface area contributed by atoms with E-state index in [1.165, 1.54) is 0 Å². The van der Waals surface area contributed by atoms with Gasteiger partial charge in [0.05, 0.1) is 24.5 Å². The van der Waals surface area contributed by atoms with E-state index in [-0.39, 0.29) is 37.8 Å². The highest BCUT2D eigenvalue weighted by Gasteiger charge is 2.08. The molecule has 0 saturated heterocycles. The fourth-order valence-electron chi connectivity index (χ4n) is 2.13. The molecule has 0 spiro atoms. The second-order valence-electron chi connectivity index (χ2n) is 5.55. The third-order valence-corrected chi connectivity index (χ3v) is 3.79. The van der Waals surface area contributed by atoms with Crippen LogP contribution < -0.4 is 15.4 Å². The highest BCUT2D eigenvalue weighted by atomic mass is 35.5. The molecule has 2 aromatic rings. The Labute approximate surface area is 161 Å². The van der Waals surface area contributed by atoms with Gasteiger partial charge in [-0.15, -0.1) is 0 Å². The van der Waals surface area contributed by atoms with Crippen molar-refractivity contribution in [2.45, 2.75) is 12.8 Å². The second-order valence-corrected chi connectivity index (χ2v) is 5.96. The van der Waals surface area contributed by atoms with Crippen molar-refractivity contribution in [1.82, 2.24) is 5.32 Å². The maximum Gasteiger partial charge on any atom is 0.305 e. The Morgan fingerprint density at radius 1 is 1.00 bits per heavy atom. The van der Waals surface area contributed by atoms with Gasteiger partial charge in [-0.25, -0.2) is 0 Å². The number of carbonyl (C=O) groups is 3. The number of carboxylic acid groups (broad SMARTS) is 1. The number of para-hydroxylation sites is 1. The van der Waals surface area contributed by atoms with Crippen molar-refractivity contribution in [3.05, 3.63) is 59.1 Å². The molecule has 0 fully saturated rings. The molecule has 27 heavy (non-hydrogen) atoms. The fourth-order valence-corrected chi connectivity index (χ4v) is 2.32. The lowest BCUT2D eigenvalue weighted by molar-refractivity contribution is -0.136. The zero-order valence-electron chi connectivity index (χ0n) is 14.4. The molecule has 0 aliphatic carbocycles. The summed E-state index contributed by atoms with van der Waals surface area (Å²) in [4.78, 5) is 34.2. The van der Waals surface area contributed by atoms with Gasteiger partial charge in [-0.05, 0) is 36.4 Å². The van der Waals surface area contributed by atoms with Crippen LogP contribution in [0.4, 0.5) is 5.69 Å². The lowest BCUT2D eigenvalue weighted by Crippen LogP contribution is -2.25. The van der Waals surface area contributed by atoms with Crippen molar-refractivity contribution in [2.75, 3.05) is 18.5 Å². The van der Waals surface area contributed by atoms with Gasteiger partial charge in [-0.3, -0.25) is 14.4 Å². The zero-order chi connectivity index (χ0) is 19.6. The van der Waals surface area contributed by atoms with E-state index < -0.39 is 5.97 Å². The third-order valence-electron chi connectivity index (χ3n) is 3.48. The summed E-state index contributed by atoms with van der Waals surface area (Å²) in [5, 5.41) is 14.2. The van der Waals surface area contributed by atoms with Crippen LogP contribution in [0.3, 0.4) is 0 Å². The van der Waals surface area contributed by atoms with E-state index in [1.807, 2.05) is 0 Å². The number of ether oxygens (including phenoxy) is 1. The van der Waals surface area contributed by atoms with E-state index in [1.54, 1.807) is 48.5 Å². The predicted molar refractivity (Wildman–Crippen MR) is 101 cm³/mol. The van der Waals surface area contributed by atoms with E-state index in [9.17, 15) is 14.4 Å². The summed E-state index contributed by atoms with van der Waals surface area (Å²) < 4.78 is 5.46. The van der Waals surface area contributed by atoms with Crippen LogP contribution >= 0.6 is 11.6 Å². The first-order valence-electron chi connectivity index (χ1n) is 8.23. The third kappa shape index (κ3) is 6.99. The molecule has 0 radical (unpaired) electrons. The molecule has 0 aliphatic rings. The molecule has 0 aliphatic heterocycles. The van der Waals surface area contributed by atoms with Gasteiger partial charge in [0.25, 0.3) is 5.91 Å². The average molecular weight is 391 g/mol. The summed E-state index contributed by atoms with van der Waals surface area (Å²) in [5.41, 5.74) is 0.917. The molecule has 0 aromatic heterocycles. The quantitative estimate of drug-likeness (QED) is 0.610. The molecule has 0 bridgehead atoms. The summed E-state index contributed by atoms with van der Waals surface area (Å²) in [5.74, 6) is -1.07. The lowest BCUT2D eigenvalue weighted by Gasteiger charge is -2.09. The summed E-state index contributed by atoms with van der Waals surface area (Å²) in [6.45, 7) is 0.234. The molecule has 0 heterocycles. The normalized spacial score (nSPS) is 10.1. The monoisotopic (exact) mass is 390 g/mol. The standard InChI is InChI=1S/C19H19ClN2O5/c20-15-3-1-2-4-16(15)27-12-10-17(23)22-14-7-5-13(6-8-14)19(26)21-11-9-18(24)25/h1-8H,9-12H2,(H,21,26)(H,22,23)(H,24,25). The van der Waals surface area contributed by atoms with Gasteiger partial charge in [0.2, 0.25) is 5.91 Å². The molecule has 2 aromatic carbocycles. The Hall–Kier alpha value is -3.06. The van der Waals surface area contributed by atoms with E-state index in [0.717, 1.165) is 0 Å². The van der Waals surface area contributed by atoms with E-state index >= 15 is 0 Å². The van der Waals surface area contributed by atoms with E-state index in [4.69, 9.17) is 21.4 Å². The predicted octanol–water partition coefficient (Wildman–Crippen LogP) is 2.95. The molecular formula is C19H19ClN2O5. The van der Waals surface area contributed by atoms with Gasteiger partial charge in [-0.2, -0.15) is 0 Å². The van der Waals surface area contributed by atoms with Crippen LogP contribution in [0.2, 0.25) is 5.02 Å². The topological polar surface area (TPSA) is 105 Å². The first kappa shape index (κ1) is 20.3. The van der Waals surface area contributed by atoms with Gasteiger partial charge >= 0.3 is 5.97 Å². The Kier molecular flexibility index (Phi) is 7.63. The number of hydrogen-bond acceptors (Lipinski definition) is 4. The van der Waals surface area contributed by atoms with Crippen molar-refractivity contribution in [3.63, 3.8) is 0 Å². The highest BCUT2D eigenvalue weighted by Crippen LogP contribution is 2.23. The Bertz CT molecular complexity index is 808. The van der Waals surface area contributed by atoms with Crippen molar-refractivity contribution in [1.29, 1.82) is 0 Å². The Morgan fingerprint density at radius 2 is 1.70 bits per heavy atom. The average Bonchev–Trinajstić information content (AvgIpc) is 2.63. The van der Waals surface area contributed by atoms with Crippen LogP contribution in [0.15, 0.2) is 48.5 Å². The molecule has 7 nitrogen and oxygen atoms in total. The number of carbonyl (C=O) groups excluding carboxylic acids is 2. The van der Waals surface area contributed by atoms with Gasteiger partial charge in [-0.1, -0.05) is 23.7 Å². The number of rotatable bonds is 9. The van der Waals surface area contributed by atoms with Crippen molar-refractivity contribution in [2.24, 2.45) is 0 Å². The molecule has 0 atom stereocenters. The van der Waals surface area contributed by atoms with Gasteiger partial charge in [0, 0.05) is 17.8 Å². The first-order valence-corrected chi connectivity index (χ1v) is 8.61. The number of benzene rings is 2. The van der Waals surface area contributed by atoms with Gasteiger partial charge < -0.3 is 20.5 Å². The lowest BCUT2D eigenvalue weighted by atomic mass is 10.2. The highest BCUT2D eigenvalue weighted by molar-refractivity contribution is 6.32. The van der Waals surface area contributed by atoms with Crippen LogP contribution in [-0.2, 0) is 9.59 Å². The molecule has 2 amide bonds. The van der Waals surface area contributed by atoms with Crippen molar-refractivity contribution >= 4 is 35.1 Å². The minimum absolute atomic E-state index is 0.0537. The van der Waals surface area contributed by atoms with Gasteiger partial charge in [0.15, 0.2) is 0 Å². The Morgan fingerprint density at radius 3 is 2.37 bits per heavy atom. The van der Waals surface area contributed by atoms with Crippen molar-refractivity contribution < 1.29 is 24.2 Å². The largest absolute Gasteiger partial charge is 0.491 e. The number of amides is 2. The molecule has 8 heteroatoms. The molecule has 0 unspecified atom stereocenters. The minimum Gasteiger partial charge on any atom is -0.491 e. The van der Waals surface area contributed by atoms with Crippen LogP contribution in [0.25, 0.3) is 0 Å². The van der Waals surface area contributed by atoms with Crippen molar-refractivity contribution in [3.8, 4) is 5.75 Å². The summed E-state index contributed by atoms with van der Waals surface area (Å²) in [7, 11) is 0. The van der Waals surface area contributed by atoms with E-state index in [0.29, 0.717) is 22.0 Å². The van der Waals surface area contributed by atoms with E-state index in [2.05, 4.69) is 10.6 Å². The second kappa shape index (κ2) is 10.2. The number of hydrogen-bond donors (Lipinski definition) is 3. The van der Waals surface area contributed by atoms with Crippen LogP contribution in [0.1, 0.15) is 23.2 Å². The fraction of sp³-hybridized carbons (Fsp3) is 0.211. The van der Waals surface area contributed by atoms with Crippen LogP contribution in [-0.4, -0.2) is 36.0 Å². The molecule has 2 rings (SSSR count).